The molecule has 1 saturated carbocycles. The normalized spacial score (nSPS) is 18.2. The predicted molar refractivity (Wildman–Crippen MR) is 126 cm³/mol. The largest absolute Gasteiger partial charge is 0.359 e. The van der Waals surface area contributed by atoms with Crippen LogP contribution in [-0.2, 0) is 11.8 Å². The molecular formula is C25H27N7O. The van der Waals surface area contributed by atoms with Gasteiger partial charge in [0.05, 0.1) is 18.4 Å². The van der Waals surface area contributed by atoms with E-state index in [-0.39, 0.29) is 17.9 Å². The Bertz CT molecular complexity index is 1260. The summed E-state index contributed by atoms with van der Waals surface area (Å²) in [5.41, 5.74) is 5.00. The van der Waals surface area contributed by atoms with Crippen molar-refractivity contribution in [2.75, 3.05) is 7.05 Å². The summed E-state index contributed by atoms with van der Waals surface area (Å²) >= 11 is 0. The fourth-order valence-corrected chi connectivity index (χ4v) is 4.57. The summed E-state index contributed by atoms with van der Waals surface area (Å²) < 4.78 is 3.79. The molecule has 1 aromatic carbocycles. The summed E-state index contributed by atoms with van der Waals surface area (Å²) in [5, 5.41) is 11.6. The highest BCUT2D eigenvalue weighted by atomic mass is 16.1. The molecule has 168 valence electrons. The molecule has 1 aliphatic rings. The second kappa shape index (κ2) is 8.97. The van der Waals surface area contributed by atoms with Gasteiger partial charge in [0.25, 0.3) is 0 Å². The SMILES string of the molecule is CNC(=O)[C@@H]1CCC[C@H](n2cc(-c3cnc(-c4cccc(-c5cnn(C)c5)c4)nc3)cn2)C1. The van der Waals surface area contributed by atoms with Gasteiger partial charge in [0.1, 0.15) is 0 Å². The number of aromatic nitrogens is 6. The van der Waals surface area contributed by atoms with E-state index in [2.05, 4.69) is 37.6 Å². The second-order valence-electron chi connectivity index (χ2n) is 8.62. The van der Waals surface area contributed by atoms with Crippen LogP contribution >= 0.6 is 0 Å². The molecule has 5 rings (SSSR count). The average Bonchev–Trinajstić information content (AvgIpc) is 3.53. The zero-order chi connectivity index (χ0) is 22.8. The zero-order valence-corrected chi connectivity index (χ0v) is 18.8. The minimum atomic E-state index is 0.0615. The van der Waals surface area contributed by atoms with Crippen LogP contribution in [0.5, 0.6) is 0 Å². The lowest BCUT2D eigenvalue weighted by Crippen LogP contribution is -2.32. The van der Waals surface area contributed by atoms with Gasteiger partial charge in [-0.05, 0) is 30.9 Å². The number of carbonyl (C=O) groups excluding carboxylic acids is 1. The van der Waals surface area contributed by atoms with E-state index >= 15 is 0 Å². The summed E-state index contributed by atoms with van der Waals surface area (Å²) in [4.78, 5) is 21.3. The standard InChI is InChI=1S/C25H27N7O/c1-26-25(33)19-7-4-8-23(10-19)32-16-22(14-30-32)20-11-27-24(28-12-20)18-6-3-5-17(9-18)21-13-29-31(2)15-21/h3,5-6,9,11-16,19,23H,4,7-8,10H2,1-2H3,(H,26,33)/t19-,23+/m1/s1. The van der Waals surface area contributed by atoms with Crippen LogP contribution in [0.3, 0.4) is 0 Å². The quantitative estimate of drug-likeness (QED) is 0.507. The van der Waals surface area contributed by atoms with Crippen molar-refractivity contribution in [3.63, 3.8) is 0 Å². The predicted octanol–water partition coefficient (Wildman–Crippen LogP) is 3.88. The third-order valence-corrected chi connectivity index (χ3v) is 6.38. The summed E-state index contributed by atoms with van der Waals surface area (Å²) in [5.74, 6) is 0.868. The number of amides is 1. The second-order valence-corrected chi connectivity index (χ2v) is 8.62. The molecule has 0 spiro atoms. The van der Waals surface area contributed by atoms with Crippen LogP contribution < -0.4 is 5.32 Å². The van der Waals surface area contributed by atoms with Gasteiger partial charge in [-0.2, -0.15) is 10.2 Å². The van der Waals surface area contributed by atoms with Crippen molar-refractivity contribution < 1.29 is 4.79 Å². The molecule has 33 heavy (non-hydrogen) atoms. The van der Waals surface area contributed by atoms with Crippen molar-refractivity contribution in [1.82, 2.24) is 34.8 Å². The average molecular weight is 442 g/mol. The number of nitrogens with zero attached hydrogens (tertiary/aromatic N) is 6. The van der Waals surface area contributed by atoms with E-state index < -0.39 is 0 Å². The molecule has 0 bridgehead atoms. The maximum atomic E-state index is 12.1. The minimum absolute atomic E-state index is 0.0615. The Kier molecular flexibility index (Phi) is 5.73. The molecule has 8 heteroatoms. The Labute approximate surface area is 192 Å². The highest BCUT2D eigenvalue weighted by Gasteiger charge is 2.28. The molecule has 0 unspecified atom stereocenters. The molecule has 4 aromatic rings. The van der Waals surface area contributed by atoms with Gasteiger partial charge in [0.2, 0.25) is 5.91 Å². The van der Waals surface area contributed by atoms with E-state index in [0.717, 1.165) is 53.5 Å². The van der Waals surface area contributed by atoms with E-state index in [1.165, 1.54) is 0 Å². The number of rotatable bonds is 5. The van der Waals surface area contributed by atoms with Crippen LogP contribution in [0.2, 0.25) is 0 Å². The van der Waals surface area contributed by atoms with Gasteiger partial charge in [-0.3, -0.25) is 14.2 Å². The Morgan fingerprint density at radius 3 is 2.45 bits per heavy atom. The Balaban J connectivity index is 1.33. The first kappa shape index (κ1) is 21.1. The highest BCUT2D eigenvalue weighted by molar-refractivity contribution is 5.78. The van der Waals surface area contributed by atoms with Crippen LogP contribution in [0.15, 0.2) is 61.4 Å². The first-order chi connectivity index (χ1) is 16.1. The molecular weight excluding hydrogens is 414 g/mol. The molecule has 3 heterocycles. The van der Waals surface area contributed by atoms with Crippen molar-refractivity contribution in [1.29, 1.82) is 0 Å². The minimum Gasteiger partial charge on any atom is -0.359 e. The summed E-state index contributed by atoms with van der Waals surface area (Å²) in [6.45, 7) is 0. The van der Waals surface area contributed by atoms with Crippen molar-refractivity contribution in [2.24, 2.45) is 13.0 Å². The van der Waals surface area contributed by atoms with Gasteiger partial charge in [-0.1, -0.05) is 24.6 Å². The first-order valence-electron chi connectivity index (χ1n) is 11.3. The molecule has 3 aromatic heterocycles. The van der Waals surface area contributed by atoms with Crippen molar-refractivity contribution in [3.8, 4) is 33.6 Å². The third-order valence-electron chi connectivity index (χ3n) is 6.38. The van der Waals surface area contributed by atoms with Crippen LogP contribution in [0.25, 0.3) is 33.6 Å². The molecule has 0 radical (unpaired) electrons. The van der Waals surface area contributed by atoms with Crippen LogP contribution in [0, 0.1) is 5.92 Å². The van der Waals surface area contributed by atoms with E-state index in [1.54, 1.807) is 11.7 Å². The zero-order valence-electron chi connectivity index (χ0n) is 18.8. The van der Waals surface area contributed by atoms with Crippen LogP contribution in [-0.4, -0.2) is 42.5 Å². The van der Waals surface area contributed by atoms with Gasteiger partial charge in [-0.15, -0.1) is 0 Å². The molecule has 0 saturated heterocycles. The van der Waals surface area contributed by atoms with Gasteiger partial charge in [0.15, 0.2) is 5.82 Å². The maximum absolute atomic E-state index is 12.1. The number of benzene rings is 1. The molecule has 1 amide bonds. The summed E-state index contributed by atoms with van der Waals surface area (Å²) in [7, 11) is 3.61. The van der Waals surface area contributed by atoms with E-state index in [9.17, 15) is 4.79 Å². The van der Waals surface area contributed by atoms with E-state index in [0.29, 0.717) is 5.82 Å². The molecule has 0 aliphatic heterocycles. The van der Waals surface area contributed by atoms with Crippen molar-refractivity contribution in [2.45, 2.75) is 31.7 Å². The topological polar surface area (TPSA) is 90.5 Å². The van der Waals surface area contributed by atoms with Crippen LogP contribution in [0.1, 0.15) is 31.7 Å². The maximum Gasteiger partial charge on any atom is 0.222 e. The molecule has 1 fully saturated rings. The number of aryl methyl sites for hydroxylation is 1. The smallest absolute Gasteiger partial charge is 0.222 e. The number of nitrogens with one attached hydrogen (secondary N) is 1. The van der Waals surface area contributed by atoms with E-state index in [4.69, 9.17) is 0 Å². The van der Waals surface area contributed by atoms with Crippen LogP contribution in [0.4, 0.5) is 0 Å². The van der Waals surface area contributed by atoms with Gasteiger partial charge in [-0.25, -0.2) is 9.97 Å². The fourth-order valence-electron chi connectivity index (χ4n) is 4.57. The lowest BCUT2D eigenvalue weighted by molar-refractivity contribution is -0.125. The Morgan fingerprint density at radius 1 is 0.939 bits per heavy atom. The monoisotopic (exact) mass is 441 g/mol. The van der Waals surface area contributed by atoms with Crippen molar-refractivity contribution in [3.05, 3.63) is 61.4 Å². The number of carbonyl (C=O) groups is 1. The lowest BCUT2D eigenvalue weighted by Gasteiger charge is -2.28. The van der Waals surface area contributed by atoms with Gasteiger partial charge in [0, 0.05) is 67.1 Å². The number of hydrogen-bond acceptors (Lipinski definition) is 5. The molecule has 1 aliphatic carbocycles. The molecule has 2 atom stereocenters. The first-order valence-corrected chi connectivity index (χ1v) is 11.3. The summed E-state index contributed by atoms with van der Waals surface area (Å²) in [6.07, 6.45) is 15.3. The van der Waals surface area contributed by atoms with Gasteiger partial charge >= 0.3 is 0 Å². The fraction of sp³-hybridized carbons (Fsp3) is 0.320. The highest BCUT2D eigenvalue weighted by Crippen LogP contribution is 2.33. The van der Waals surface area contributed by atoms with E-state index in [1.807, 2.05) is 61.0 Å². The summed E-state index contributed by atoms with van der Waals surface area (Å²) in [6, 6.07) is 8.40. The lowest BCUT2D eigenvalue weighted by atomic mass is 9.85. The Hall–Kier alpha value is -3.81. The Morgan fingerprint density at radius 2 is 1.70 bits per heavy atom. The molecule has 8 nitrogen and oxygen atoms in total. The third kappa shape index (κ3) is 4.41. The van der Waals surface area contributed by atoms with Crippen molar-refractivity contribution >= 4 is 5.91 Å². The molecule has 1 N–H and O–H groups in total. The van der Waals surface area contributed by atoms with Gasteiger partial charge < -0.3 is 5.32 Å². The number of hydrogen-bond donors (Lipinski definition) is 1.